The third-order valence-corrected chi connectivity index (χ3v) is 6.87. The maximum absolute atomic E-state index is 6.02. The zero-order valence-electron chi connectivity index (χ0n) is 20.4. The van der Waals surface area contributed by atoms with E-state index in [1.54, 1.807) is 0 Å². The number of benzene rings is 3. The monoisotopic (exact) mass is 502 g/mol. The Bertz CT molecular complexity index is 1520. The van der Waals surface area contributed by atoms with Crippen molar-refractivity contribution < 1.29 is 4.74 Å². The van der Waals surface area contributed by atoms with Crippen molar-refractivity contribution >= 4 is 23.0 Å². The highest BCUT2D eigenvalue weighted by molar-refractivity contribution is 7.80. The molecule has 0 amide bonds. The van der Waals surface area contributed by atoms with Crippen LogP contribution in [0.5, 0.6) is 11.5 Å². The van der Waals surface area contributed by atoms with Crippen LogP contribution in [0.15, 0.2) is 122 Å². The number of nitrogens with one attached hydrogen (secondary N) is 1. The molecule has 3 aromatic carbocycles. The summed E-state index contributed by atoms with van der Waals surface area (Å²) in [6.07, 6.45) is 3.94. The van der Waals surface area contributed by atoms with Gasteiger partial charge in [0, 0.05) is 29.5 Å². The lowest BCUT2D eigenvalue weighted by Crippen LogP contribution is -2.30. The Kier molecular flexibility index (Phi) is 6.16. The molecule has 1 N–H and O–H groups in total. The number of para-hydroxylation sites is 1. The van der Waals surface area contributed by atoms with Gasteiger partial charge in [0.1, 0.15) is 17.5 Å². The summed E-state index contributed by atoms with van der Waals surface area (Å²) >= 11 is 5.92. The maximum atomic E-state index is 6.02. The molecule has 37 heavy (non-hydrogen) atoms. The van der Waals surface area contributed by atoms with E-state index in [0.717, 1.165) is 34.3 Å². The number of anilines is 1. The Morgan fingerprint density at radius 2 is 1.57 bits per heavy atom. The first kappa shape index (κ1) is 23.0. The number of thiocarbonyl (C=S) groups is 1. The van der Waals surface area contributed by atoms with Gasteiger partial charge in [-0.2, -0.15) is 0 Å². The number of hydrogen-bond acceptors (Lipinski definition) is 3. The van der Waals surface area contributed by atoms with Crippen molar-refractivity contribution in [2.75, 3.05) is 4.90 Å². The SMILES string of the molecule is Cc1cccc(-n2cccc2[C@@H]2[C@H](c3ccccn3)NC(=S)N2c2ccc(Oc3ccccc3)cc2)c1. The molecule has 0 bridgehead atoms. The fraction of sp³-hybridized carbons (Fsp3) is 0.0968. The molecule has 6 rings (SSSR count). The predicted octanol–water partition coefficient (Wildman–Crippen LogP) is 7.15. The summed E-state index contributed by atoms with van der Waals surface area (Å²) in [6.45, 7) is 2.11. The second-order valence-electron chi connectivity index (χ2n) is 9.05. The summed E-state index contributed by atoms with van der Waals surface area (Å²) in [7, 11) is 0. The highest BCUT2D eigenvalue weighted by Crippen LogP contribution is 2.42. The fourth-order valence-electron chi connectivity index (χ4n) is 4.88. The standard InChI is InChI=1S/C31H26N4OS/c1-22-9-7-10-24(21-22)34-20-8-14-28(34)30-29(27-13-5-6-19-32-27)33-31(37)35(30)23-15-17-26(18-16-23)36-25-11-3-2-4-12-25/h2-21,29-30H,1H3,(H,33,37)/t29-,30+/m0/s1. The highest BCUT2D eigenvalue weighted by Gasteiger charge is 2.42. The molecule has 0 unspecified atom stereocenters. The van der Waals surface area contributed by atoms with E-state index in [-0.39, 0.29) is 12.1 Å². The molecule has 1 aliphatic heterocycles. The molecule has 1 fully saturated rings. The zero-order valence-corrected chi connectivity index (χ0v) is 21.2. The fourth-order valence-corrected chi connectivity index (χ4v) is 5.23. The lowest BCUT2D eigenvalue weighted by atomic mass is 10.0. The Labute approximate surface area is 222 Å². The minimum atomic E-state index is -0.118. The molecule has 0 radical (unpaired) electrons. The number of rotatable bonds is 6. The molecular weight excluding hydrogens is 476 g/mol. The van der Waals surface area contributed by atoms with E-state index < -0.39 is 0 Å². The second kappa shape index (κ2) is 9.91. The number of ether oxygens (including phenoxy) is 1. The molecule has 0 aliphatic carbocycles. The largest absolute Gasteiger partial charge is 0.457 e. The number of aryl methyl sites for hydroxylation is 1. The van der Waals surface area contributed by atoms with Crippen molar-refractivity contribution in [1.29, 1.82) is 0 Å². The number of pyridine rings is 1. The molecular formula is C31H26N4OS. The van der Waals surface area contributed by atoms with E-state index in [1.807, 2.05) is 66.9 Å². The van der Waals surface area contributed by atoms with Gasteiger partial charge in [-0.15, -0.1) is 0 Å². The van der Waals surface area contributed by atoms with Gasteiger partial charge in [0.2, 0.25) is 0 Å². The van der Waals surface area contributed by atoms with Crippen LogP contribution in [0.3, 0.4) is 0 Å². The van der Waals surface area contributed by atoms with Crippen LogP contribution in [-0.2, 0) is 0 Å². The van der Waals surface area contributed by atoms with Gasteiger partial charge in [-0.05, 0) is 97.5 Å². The van der Waals surface area contributed by atoms with Crippen LogP contribution in [0.2, 0.25) is 0 Å². The van der Waals surface area contributed by atoms with Crippen molar-refractivity contribution in [3.63, 3.8) is 0 Å². The lowest BCUT2D eigenvalue weighted by molar-refractivity contribution is 0.482. The van der Waals surface area contributed by atoms with Crippen molar-refractivity contribution in [3.8, 4) is 17.2 Å². The number of nitrogens with zero attached hydrogens (tertiary/aromatic N) is 3. The van der Waals surface area contributed by atoms with Crippen LogP contribution in [0.25, 0.3) is 5.69 Å². The molecule has 5 nitrogen and oxygen atoms in total. The van der Waals surface area contributed by atoms with Crippen molar-refractivity contribution in [1.82, 2.24) is 14.9 Å². The van der Waals surface area contributed by atoms with E-state index in [1.165, 1.54) is 5.56 Å². The van der Waals surface area contributed by atoms with Gasteiger partial charge in [-0.3, -0.25) is 4.98 Å². The summed E-state index contributed by atoms with van der Waals surface area (Å²) in [5.74, 6) is 1.58. The first-order valence-electron chi connectivity index (χ1n) is 12.3. The summed E-state index contributed by atoms with van der Waals surface area (Å²) < 4.78 is 8.26. The second-order valence-corrected chi connectivity index (χ2v) is 9.43. The van der Waals surface area contributed by atoms with Gasteiger partial charge in [-0.1, -0.05) is 36.4 Å². The molecule has 1 aliphatic rings. The van der Waals surface area contributed by atoms with E-state index in [4.69, 9.17) is 17.0 Å². The van der Waals surface area contributed by atoms with E-state index in [0.29, 0.717) is 5.11 Å². The van der Waals surface area contributed by atoms with Crippen molar-refractivity contribution in [2.45, 2.75) is 19.0 Å². The topological polar surface area (TPSA) is 42.3 Å². The zero-order chi connectivity index (χ0) is 25.2. The number of aromatic nitrogens is 2. The Morgan fingerprint density at radius 1 is 0.784 bits per heavy atom. The molecule has 1 saturated heterocycles. The first-order chi connectivity index (χ1) is 18.2. The highest BCUT2D eigenvalue weighted by atomic mass is 32.1. The smallest absolute Gasteiger partial charge is 0.174 e. The summed E-state index contributed by atoms with van der Waals surface area (Å²) in [6, 6.07) is 36.4. The molecule has 5 aromatic rings. The molecule has 0 spiro atoms. The van der Waals surface area contributed by atoms with Crippen LogP contribution >= 0.6 is 12.2 Å². The van der Waals surface area contributed by atoms with Crippen molar-refractivity contribution in [2.24, 2.45) is 0 Å². The van der Waals surface area contributed by atoms with Gasteiger partial charge < -0.3 is 19.5 Å². The predicted molar refractivity (Wildman–Crippen MR) is 151 cm³/mol. The van der Waals surface area contributed by atoms with Gasteiger partial charge in [0.25, 0.3) is 0 Å². The van der Waals surface area contributed by atoms with Gasteiger partial charge in [-0.25, -0.2) is 0 Å². The average molecular weight is 503 g/mol. The number of hydrogen-bond donors (Lipinski definition) is 1. The van der Waals surface area contributed by atoms with Crippen molar-refractivity contribution in [3.05, 3.63) is 139 Å². The summed E-state index contributed by atoms with van der Waals surface area (Å²) in [5, 5.41) is 4.21. The quantitative estimate of drug-likeness (QED) is 0.250. The molecule has 182 valence electrons. The molecule has 2 atom stereocenters. The van der Waals surface area contributed by atoms with Gasteiger partial charge in [0.15, 0.2) is 5.11 Å². The lowest BCUT2D eigenvalue weighted by Gasteiger charge is -2.29. The van der Waals surface area contributed by atoms with E-state index >= 15 is 0 Å². The molecule has 6 heteroatoms. The summed E-state index contributed by atoms with van der Waals surface area (Å²) in [4.78, 5) is 6.87. The Balaban J connectivity index is 1.41. The maximum Gasteiger partial charge on any atom is 0.174 e. The molecule has 2 aromatic heterocycles. The van der Waals surface area contributed by atoms with Gasteiger partial charge >= 0.3 is 0 Å². The van der Waals surface area contributed by atoms with E-state index in [9.17, 15) is 0 Å². The molecule has 3 heterocycles. The van der Waals surface area contributed by atoms with Gasteiger partial charge in [0.05, 0.1) is 11.7 Å². The van der Waals surface area contributed by atoms with Crippen LogP contribution in [0, 0.1) is 6.92 Å². The third kappa shape index (κ3) is 4.59. The molecule has 0 saturated carbocycles. The van der Waals surface area contributed by atoms with Crippen LogP contribution in [0.4, 0.5) is 5.69 Å². The third-order valence-electron chi connectivity index (χ3n) is 6.56. The minimum absolute atomic E-state index is 0.112. The average Bonchev–Trinajstić information content (AvgIpc) is 3.55. The normalized spacial score (nSPS) is 17.0. The van der Waals surface area contributed by atoms with Crippen LogP contribution in [-0.4, -0.2) is 14.7 Å². The first-order valence-corrected chi connectivity index (χ1v) is 12.7. The van der Waals surface area contributed by atoms with E-state index in [2.05, 4.69) is 81.4 Å². The minimum Gasteiger partial charge on any atom is -0.457 e. The Hall–Kier alpha value is -4.42. The Morgan fingerprint density at radius 3 is 2.32 bits per heavy atom. The van der Waals surface area contributed by atoms with Crippen LogP contribution < -0.4 is 15.0 Å². The van der Waals surface area contributed by atoms with Crippen LogP contribution in [0.1, 0.15) is 29.0 Å². The summed E-state index contributed by atoms with van der Waals surface area (Å²) in [5.41, 5.74) is 5.38.